The third-order valence-corrected chi connectivity index (χ3v) is 6.38. The van der Waals surface area contributed by atoms with E-state index in [0.717, 1.165) is 35.8 Å². The summed E-state index contributed by atoms with van der Waals surface area (Å²) in [4.78, 5) is 37.4. The molecular weight excluding hydrogens is 467 g/mol. The zero-order valence-electron chi connectivity index (χ0n) is 19.1. The number of nitrogens with one attached hydrogen (secondary N) is 1. The number of hydrogen-bond donors (Lipinski definition) is 2. The van der Waals surface area contributed by atoms with E-state index in [1.54, 1.807) is 18.5 Å². The van der Waals surface area contributed by atoms with Gasteiger partial charge in [-0.15, -0.1) is 0 Å². The summed E-state index contributed by atoms with van der Waals surface area (Å²) in [5.41, 5.74) is 3.49. The van der Waals surface area contributed by atoms with Gasteiger partial charge in [-0.25, -0.2) is 14.8 Å². The Morgan fingerprint density at radius 1 is 1.31 bits per heavy atom. The summed E-state index contributed by atoms with van der Waals surface area (Å²) in [6.45, 7) is 5.42. The number of aromatic nitrogens is 3. The summed E-state index contributed by atoms with van der Waals surface area (Å²) in [6.07, 6.45) is 1.67. The van der Waals surface area contributed by atoms with Gasteiger partial charge in [-0.1, -0.05) is 0 Å². The molecule has 1 saturated heterocycles. The molecule has 1 atom stereocenters. The monoisotopic (exact) mass is 493 g/mol. The third-order valence-electron chi connectivity index (χ3n) is 6.38. The number of amides is 1. The lowest BCUT2D eigenvalue weighted by molar-refractivity contribution is -0.192. The van der Waals surface area contributed by atoms with E-state index in [2.05, 4.69) is 15.3 Å². The van der Waals surface area contributed by atoms with Crippen LogP contribution in [0.3, 0.4) is 0 Å². The van der Waals surface area contributed by atoms with E-state index in [9.17, 15) is 18.0 Å². The molecule has 188 valence electrons. The number of rotatable bonds is 4. The molecule has 35 heavy (non-hydrogen) atoms. The van der Waals surface area contributed by atoms with E-state index in [4.69, 9.17) is 19.6 Å². The zero-order valence-corrected chi connectivity index (χ0v) is 19.1. The molecule has 9 nitrogen and oxygen atoms in total. The number of carbonyl (C=O) groups is 2. The number of carboxylic acid groups (broad SMARTS) is 1. The van der Waals surface area contributed by atoms with Crippen molar-refractivity contribution in [3.8, 4) is 0 Å². The lowest BCUT2D eigenvalue weighted by Gasteiger charge is -2.35. The van der Waals surface area contributed by atoms with E-state index in [0.29, 0.717) is 37.8 Å². The maximum absolute atomic E-state index is 12.9. The molecular formula is C23H26F3N5O4. The van der Waals surface area contributed by atoms with Gasteiger partial charge in [0.25, 0.3) is 5.91 Å². The molecule has 0 radical (unpaired) electrons. The van der Waals surface area contributed by atoms with Crippen molar-refractivity contribution in [3.05, 3.63) is 47.0 Å². The van der Waals surface area contributed by atoms with Crippen molar-refractivity contribution in [2.75, 3.05) is 31.6 Å². The second-order valence-corrected chi connectivity index (χ2v) is 9.08. The lowest BCUT2D eigenvalue weighted by atomic mass is 9.80. The van der Waals surface area contributed by atoms with Gasteiger partial charge in [0.1, 0.15) is 0 Å². The Morgan fingerprint density at radius 3 is 2.69 bits per heavy atom. The number of aryl methyl sites for hydroxylation is 1. The quantitative estimate of drug-likeness (QED) is 0.668. The van der Waals surface area contributed by atoms with Gasteiger partial charge < -0.3 is 20.1 Å². The van der Waals surface area contributed by atoms with E-state index in [1.807, 2.05) is 17.9 Å². The Morgan fingerprint density at radius 2 is 2.06 bits per heavy atom. The summed E-state index contributed by atoms with van der Waals surface area (Å²) in [6, 6.07) is 3.62. The average molecular weight is 493 g/mol. The molecule has 1 amide bonds. The Kier molecular flexibility index (Phi) is 6.93. The summed E-state index contributed by atoms with van der Waals surface area (Å²) in [5.74, 6) is -1.26. The highest BCUT2D eigenvalue weighted by Gasteiger charge is 2.47. The fraction of sp³-hybridized carbons (Fsp3) is 0.522. The normalized spacial score (nSPS) is 21.2. The fourth-order valence-electron chi connectivity index (χ4n) is 4.29. The number of likely N-dealkylation sites (tertiary alicyclic amines) is 1. The molecule has 0 bridgehead atoms. The predicted octanol–water partition coefficient (Wildman–Crippen LogP) is 2.95. The van der Waals surface area contributed by atoms with Gasteiger partial charge in [-0.2, -0.15) is 13.2 Å². The number of pyridine rings is 1. The highest BCUT2D eigenvalue weighted by atomic mass is 19.4. The van der Waals surface area contributed by atoms with Gasteiger partial charge >= 0.3 is 12.1 Å². The second-order valence-electron chi connectivity index (χ2n) is 9.08. The number of nitrogens with zero attached hydrogens (tertiary/aromatic N) is 4. The molecule has 1 spiro atoms. The van der Waals surface area contributed by atoms with Crippen molar-refractivity contribution < 1.29 is 32.6 Å². The fourth-order valence-corrected chi connectivity index (χ4v) is 4.29. The third kappa shape index (κ3) is 5.69. The molecule has 0 aromatic carbocycles. The van der Waals surface area contributed by atoms with Gasteiger partial charge in [-0.3, -0.25) is 9.78 Å². The molecule has 3 aliphatic rings. The molecule has 1 saturated carbocycles. The molecule has 1 aliphatic carbocycles. The number of fused-ring (bicyclic) bond motifs is 2. The highest BCUT2D eigenvalue weighted by molar-refractivity contribution is 5.94. The molecule has 1 unspecified atom stereocenters. The molecule has 2 fully saturated rings. The Labute approximate surface area is 199 Å². The lowest BCUT2D eigenvalue weighted by Crippen LogP contribution is -2.42. The number of carbonyl (C=O) groups excluding carboxylic acids is 1. The molecule has 2 N–H and O–H groups in total. The van der Waals surface area contributed by atoms with Crippen LogP contribution in [0.1, 0.15) is 46.6 Å². The van der Waals surface area contributed by atoms with Gasteiger partial charge in [0, 0.05) is 43.3 Å². The van der Waals surface area contributed by atoms with E-state index < -0.39 is 12.1 Å². The minimum Gasteiger partial charge on any atom is -0.475 e. The van der Waals surface area contributed by atoms with Crippen molar-refractivity contribution in [2.24, 2.45) is 5.92 Å². The van der Waals surface area contributed by atoms with Gasteiger partial charge in [0.15, 0.2) is 0 Å². The molecule has 5 rings (SSSR count). The van der Waals surface area contributed by atoms with Gasteiger partial charge in [0.2, 0.25) is 5.95 Å². The van der Waals surface area contributed by atoms with Crippen molar-refractivity contribution in [2.45, 2.75) is 44.4 Å². The van der Waals surface area contributed by atoms with Crippen LogP contribution in [0.15, 0.2) is 24.5 Å². The maximum Gasteiger partial charge on any atom is 0.490 e. The van der Waals surface area contributed by atoms with Gasteiger partial charge in [0.05, 0.1) is 29.9 Å². The van der Waals surface area contributed by atoms with Gasteiger partial charge in [-0.05, 0) is 44.2 Å². The number of ether oxygens (including phenoxy) is 1. The number of carboxylic acids is 1. The predicted molar refractivity (Wildman–Crippen MR) is 118 cm³/mol. The minimum atomic E-state index is -5.08. The minimum absolute atomic E-state index is 0.0231. The van der Waals surface area contributed by atoms with Crippen LogP contribution in [0, 0.1) is 12.8 Å². The molecule has 2 aromatic rings. The van der Waals surface area contributed by atoms with Crippen LogP contribution < -0.4 is 5.32 Å². The first-order valence-electron chi connectivity index (χ1n) is 11.3. The van der Waals surface area contributed by atoms with Crippen molar-refractivity contribution in [3.63, 3.8) is 0 Å². The molecule has 2 aliphatic heterocycles. The van der Waals surface area contributed by atoms with Crippen LogP contribution in [-0.4, -0.2) is 69.3 Å². The SMILES string of the molecule is Cc1nc(NCC2CC2)nc2c1COCC21CCN(C(=O)c2cccnc2)C1.O=C(O)C(F)(F)F. The highest BCUT2D eigenvalue weighted by Crippen LogP contribution is 2.40. The molecule has 12 heteroatoms. The first-order valence-corrected chi connectivity index (χ1v) is 11.3. The molecule has 4 heterocycles. The summed E-state index contributed by atoms with van der Waals surface area (Å²) < 4.78 is 37.7. The standard InChI is InChI=1S/C21H25N5O2.C2HF3O2/c1-14-17-11-28-13-21(18(17)25-20(24-14)23-9-15-4-5-15)6-8-26(12-21)19(27)16-3-2-7-22-10-16;3-2(4,5)1(6)7/h2-3,7,10,15H,4-6,8-9,11-13H2,1H3,(H,23,24,25);(H,6,7). The van der Waals surface area contributed by atoms with Crippen LogP contribution in [0.5, 0.6) is 0 Å². The molecule has 2 aromatic heterocycles. The number of anilines is 1. The summed E-state index contributed by atoms with van der Waals surface area (Å²) >= 11 is 0. The number of aliphatic carboxylic acids is 1. The number of alkyl halides is 3. The smallest absolute Gasteiger partial charge is 0.475 e. The largest absolute Gasteiger partial charge is 0.490 e. The van der Waals surface area contributed by atoms with E-state index >= 15 is 0 Å². The van der Waals surface area contributed by atoms with Crippen molar-refractivity contribution >= 4 is 17.8 Å². The van der Waals surface area contributed by atoms with E-state index in [-0.39, 0.29) is 11.3 Å². The first-order chi connectivity index (χ1) is 16.6. The maximum atomic E-state index is 12.9. The van der Waals surface area contributed by atoms with Crippen LogP contribution in [0.25, 0.3) is 0 Å². The Bertz CT molecular complexity index is 1090. The Hall–Kier alpha value is -3.28. The van der Waals surface area contributed by atoms with Crippen LogP contribution in [0.2, 0.25) is 0 Å². The summed E-state index contributed by atoms with van der Waals surface area (Å²) in [7, 11) is 0. The topological polar surface area (TPSA) is 118 Å². The van der Waals surface area contributed by atoms with Crippen molar-refractivity contribution in [1.29, 1.82) is 0 Å². The van der Waals surface area contributed by atoms with E-state index in [1.165, 1.54) is 12.8 Å². The first kappa shape index (κ1) is 24.8. The van der Waals surface area contributed by atoms with Crippen LogP contribution >= 0.6 is 0 Å². The second kappa shape index (κ2) is 9.76. The Balaban J connectivity index is 0.000000364. The van der Waals surface area contributed by atoms with Crippen LogP contribution in [0.4, 0.5) is 19.1 Å². The van der Waals surface area contributed by atoms with Crippen molar-refractivity contribution in [1.82, 2.24) is 19.9 Å². The average Bonchev–Trinajstić information content (AvgIpc) is 3.57. The number of hydrogen-bond acceptors (Lipinski definition) is 7. The zero-order chi connectivity index (χ0) is 25.2. The summed E-state index contributed by atoms with van der Waals surface area (Å²) in [5, 5.41) is 10.5. The number of halogens is 3. The van der Waals surface area contributed by atoms with Crippen LogP contribution in [-0.2, 0) is 21.6 Å².